The third-order valence-corrected chi connectivity index (χ3v) is 5.31. The summed E-state index contributed by atoms with van der Waals surface area (Å²) in [5.74, 6) is 0.0460. The molecule has 2 N–H and O–H groups in total. The monoisotopic (exact) mass is 376 g/mol. The number of ether oxygens (including phenoxy) is 1. The molecule has 0 bridgehead atoms. The van der Waals surface area contributed by atoms with E-state index in [1.54, 1.807) is 0 Å². The van der Waals surface area contributed by atoms with Gasteiger partial charge in [-0.1, -0.05) is 31.0 Å². The first-order valence-electron chi connectivity index (χ1n) is 8.76. The Morgan fingerprint density at radius 2 is 1.84 bits per heavy atom. The van der Waals surface area contributed by atoms with Crippen LogP contribution >= 0.6 is 11.8 Å². The first kappa shape index (κ1) is 21.7. The lowest BCUT2D eigenvalue weighted by molar-refractivity contribution is -0.757. The Bertz CT molecular complexity index is 440. The molecule has 0 atom stereocenters. The van der Waals surface area contributed by atoms with Crippen LogP contribution in [0.15, 0.2) is 0 Å². The molecule has 9 heteroatoms. The molecule has 1 rings (SSSR count). The highest BCUT2D eigenvalue weighted by Gasteiger charge is 2.32. The summed E-state index contributed by atoms with van der Waals surface area (Å²) in [6.45, 7) is 0.744. The predicted octanol–water partition coefficient (Wildman–Crippen LogP) is 2.47. The lowest BCUT2D eigenvalue weighted by Gasteiger charge is -2.35. The largest absolute Gasteiger partial charge is 0.466 e. The number of rotatable bonds is 12. The zero-order valence-corrected chi connectivity index (χ0v) is 15.4. The molecule has 1 aliphatic carbocycles. The Labute approximate surface area is 152 Å². The van der Waals surface area contributed by atoms with Crippen LogP contribution in [0.5, 0.6) is 0 Å². The first-order valence-corrected chi connectivity index (χ1v) is 9.75. The molecule has 8 nitrogen and oxygen atoms in total. The normalized spacial score (nSPS) is 16.2. The number of nitrogens with zero attached hydrogens (tertiary/aromatic N) is 1. The molecule has 1 saturated carbocycles. The fourth-order valence-corrected chi connectivity index (χ4v) is 3.87. The number of carbonyl (C=O) groups excluding carboxylic acids is 2. The van der Waals surface area contributed by atoms with Crippen molar-refractivity contribution in [2.24, 2.45) is 11.1 Å². The van der Waals surface area contributed by atoms with Crippen LogP contribution in [0, 0.1) is 15.5 Å². The van der Waals surface area contributed by atoms with Gasteiger partial charge in [0.15, 0.2) is 5.12 Å². The molecule has 25 heavy (non-hydrogen) atoms. The zero-order valence-electron chi connectivity index (χ0n) is 14.6. The van der Waals surface area contributed by atoms with Gasteiger partial charge in [0, 0.05) is 12.2 Å². The molecule has 0 aromatic heterocycles. The molecule has 0 saturated heterocycles. The quantitative estimate of drug-likeness (QED) is 0.238. The smallest absolute Gasteiger partial charge is 0.306 e. The number of hydrogen-bond acceptors (Lipinski definition) is 8. The molecule has 0 radical (unpaired) electrons. The summed E-state index contributed by atoms with van der Waals surface area (Å²) >= 11 is 1.17. The highest BCUT2D eigenvalue weighted by Crippen LogP contribution is 2.39. The second-order valence-corrected chi connectivity index (χ2v) is 7.55. The minimum atomic E-state index is -0.845. The number of thioether (sulfide) groups is 1. The van der Waals surface area contributed by atoms with Gasteiger partial charge in [-0.2, -0.15) is 0 Å². The van der Waals surface area contributed by atoms with Gasteiger partial charge in [0.05, 0.1) is 19.6 Å². The lowest BCUT2D eigenvalue weighted by atomic mass is 9.72. The molecule has 0 aromatic carbocycles. The number of esters is 1. The fraction of sp³-hybridized carbons (Fsp3) is 0.875. The zero-order chi connectivity index (χ0) is 18.5. The SMILES string of the molecule is NCC1(CC(=O)SCCC(=O)OCCCCO[N+](=O)[O-])CCCCC1. The summed E-state index contributed by atoms with van der Waals surface area (Å²) in [6, 6.07) is 0. The molecule has 0 aliphatic heterocycles. The number of nitrogens with two attached hydrogens (primary N) is 1. The van der Waals surface area contributed by atoms with Gasteiger partial charge < -0.3 is 15.3 Å². The molecule has 144 valence electrons. The van der Waals surface area contributed by atoms with Crippen LogP contribution in [0.1, 0.15) is 57.8 Å². The maximum atomic E-state index is 12.1. The summed E-state index contributed by atoms with van der Waals surface area (Å²) in [5, 5.41) is 9.19. The van der Waals surface area contributed by atoms with E-state index in [2.05, 4.69) is 4.84 Å². The average Bonchev–Trinajstić information content (AvgIpc) is 2.58. The van der Waals surface area contributed by atoms with Crippen molar-refractivity contribution in [3.05, 3.63) is 10.1 Å². The molecular weight excluding hydrogens is 348 g/mol. The van der Waals surface area contributed by atoms with Crippen LogP contribution in [0.25, 0.3) is 0 Å². The highest BCUT2D eigenvalue weighted by molar-refractivity contribution is 8.13. The van der Waals surface area contributed by atoms with Crippen molar-refractivity contribution in [3.8, 4) is 0 Å². The molecule has 0 amide bonds. The first-order chi connectivity index (χ1) is 12.0. The van der Waals surface area contributed by atoms with Crippen molar-refractivity contribution < 1.29 is 24.3 Å². The van der Waals surface area contributed by atoms with Gasteiger partial charge in [-0.05, 0) is 37.6 Å². The van der Waals surface area contributed by atoms with E-state index < -0.39 is 5.09 Å². The van der Waals surface area contributed by atoms with Crippen LogP contribution in [0.2, 0.25) is 0 Å². The standard InChI is InChI=1S/C16H28N2O6S/c17-13-16(7-2-1-3-8-16)12-15(20)25-11-6-14(19)23-9-4-5-10-24-18(21)22/h1-13,17H2. The molecule has 0 unspecified atom stereocenters. The third-order valence-electron chi connectivity index (χ3n) is 4.43. The summed E-state index contributed by atoms with van der Waals surface area (Å²) in [5.41, 5.74) is 5.84. The second-order valence-electron chi connectivity index (χ2n) is 6.40. The van der Waals surface area contributed by atoms with Gasteiger partial charge in [-0.15, -0.1) is 10.1 Å². The van der Waals surface area contributed by atoms with Gasteiger partial charge in [-0.25, -0.2) is 0 Å². The van der Waals surface area contributed by atoms with Crippen LogP contribution in [-0.2, 0) is 19.2 Å². The molecule has 0 heterocycles. The minimum absolute atomic E-state index is 0.00219. The molecule has 0 aromatic rings. The van der Waals surface area contributed by atoms with Crippen LogP contribution in [0.4, 0.5) is 0 Å². The molecule has 1 aliphatic rings. The Kier molecular flexibility index (Phi) is 10.5. The van der Waals surface area contributed by atoms with Gasteiger partial charge in [-0.3, -0.25) is 9.59 Å². The summed E-state index contributed by atoms with van der Waals surface area (Å²) < 4.78 is 5.01. The lowest BCUT2D eigenvalue weighted by Crippen LogP contribution is -2.34. The number of carbonyl (C=O) groups is 2. The minimum Gasteiger partial charge on any atom is -0.466 e. The van der Waals surface area contributed by atoms with Crippen molar-refractivity contribution >= 4 is 22.8 Å². The van der Waals surface area contributed by atoms with E-state index in [1.165, 1.54) is 18.2 Å². The number of unbranched alkanes of at least 4 members (excludes halogenated alkanes) is 1. The van der Waals surface area contributed by atoms with E-state index in [-0.39, 0.29) is 36.1 Å². The number of hydrogen-bond donors (Lipinski definition) is 1. The van der Waals surface area contributed by atoms with Crippen LogP contribution in [-0.4, -0.2) is 41.7 Å². The summed E-state index contributed by atoms with van der Waals surface area (Å²) in [6.07, 6.45) is 7.12. The summed E-state index contributed by atoms with van der Waals surface area (Å²) in [7, 11) is 0. The average molecular weight is 376 g/mol. The Balaban J connectivity index is 2.08. The van der Waals surface area contributed by atoms with E-state index in [0.717, 1.165) is 25.7 Å². The van der Waals surface area contributed by atoms with E-state index in [0.29, 0.717) is 31.6 Å². The van der Waals surface area contributed by atoms with E-state index >= 15 is 0 Å². The van der Waals surface area contributed by atoms with E-state index in [4.69, 9.17) is 10.5 Å². The van der Waals surface area contributed by atoms with Gasteiger partial charge in [0.1, 0.15) is 0 Å². The Hall–Kier alpha value is -1.35. The third kappa shape index (κ3) is 9.64. The fourth-order valence-electron chi connectivity index (χ4n) is 2.96. The van der Waals surface area contributed by atoms with Gasteiger partial charge >= 0.3 is 5.97 Å². The molecule has 0 spiro atoms. The summed E-state index contributed by atoms with van der Waals surface area (Å²) in [4.78, 5) is 37.8. The predicted molar refractivity (Wildman–Crippen MR) is 94.4 cm³/mol. The van der Waals surface area contributed by atoms with Crippen molar-refractivity contribution in [1.29, 1.82) is 0 Å². The maximum Gasteiger partial charge on any atom is 0.306 e. The highest BCUT2D eigenvalue weighted by atomic mass is 32.2. The maximum absolute atomic E-state index is 12.1. The molecular formula is C16H28N2O6S. The Morgan fingerprint density at radius 3 is 2.48 bits per heavy atom. The molecule has 1 fully saturated rings. The van der Waals surface area contributed by atoms with Crippen LogP contribution < -0.4 is 5.73 Å². The van der Waals surface area contributed by atoms with Gasteiger partial charge in [0.25, 0.3) is 5.09 Å². The topological polar surface area (TPSA) is 122 Å². The second kappa shape index (κ2) is 12.1. The van der Waals surface area contributed by atoms with E-state index in [1.807, 2.05) is 0 Å². The van der Waals surface area contributed by atoms with Gasteiger partial charge in [0.2, 0.25) is 0 Å². The van der Waals surface area contributed by atoms with Crippen molar-refractivity contribution in [2.45, 2.75) is 57.8 Å². The van der Waals surface area contributed by atoms with E-state index in [9.17, 15) is 19.7 Å². The van der Waals surface area contributed by atoms with Crippen LogP contribution in [0.3, 0.4) is 0 Å². The van der Waals surface area contributed by atoms with Crippen molar-refractivity contribution in [1.82, 2.24) is 0 Å². The van der Waals surface area contributed by atoms with Crippen molar-refractivity contribution in [3.63, 3.8) is 0 Å². The Morgan fingerprint density at radius 1 is 1.16 bits per heavy atom. The van der Waals surface area contributed by atoms with Crippen molar-refractivity contribution in [2.75, 3.05) is 25.5 Å².